The van der Waals surface area contributed by atoms with Crippen LogP contribution in [0.15, 0.2) is 131 Å². The number of cyclic esters (lactones) is 2. The van der Waals surface area contributed by atoms with Gasteiger partial charge in [-0.3, -0.25) is 0 Å². The van der Waals surface area contributed by atoms with Crippen LogP contribution in [0, 0.1) is 0 Å². The Morgan fingerprint density at radius 2 is 0.982 bits per heavy atom. The Morgan fingerprint density at radius 1 is 0.561 bits per heavy atom. The first-order valence-corrected chi connectivity index (χ1v) is 20.9. The molecule has 3 aliphatic heterocycles. The molecule has 6 nitrogen and oxygen atoms in total. The summed E-state index contributed by atoms with van der Waals surface area (Å²) in [4.78, 5) is 32.6. The lowest BCUT2D eigenvalue weighted by atomic mass is 9.81. The summed E-state index contributed by atoms with van der Waals surface area (Å²) in [6.45, 7) is 18.7. The summed E-state index contributed by atoms with van der Waals surface area (Å²) in [5.41, 5.74) is 9.50. The van der Waals surface area contributed by atoms with Crippen LogP contribution in [0.2, 0.25) is 0 Å². The summed E-state index contributed by atoms with van der Waals surface area (Å²) < 4.78 is 11.5. The van der Waals surface area contributed by atoms with E-state index in [1.807, 2.05) is 0 Å². The average molecular weight is 761 g/mol. The van der Waals surface area contributed by atoms with Gasteiger partial charge in [-0.15, -0.1) is 0 Å². The van der Waals surface area contributed by atoms with Crippen LogP contribution in [0.1, 0.15) is 105 Å². The van der Waals surface area contributed by atoms with Gasteiger partial charge in [-0.05, 0) is 93.8 Å². The van der Waals surface area contributed by atoms with Crippen LogP contribution in [0.3, 0.4) is 0 Å². The molecule has 1 saturated heterocycles. The number of anilines is 2. The van der Waals surface area contributed by atoms with E-state index in [4.69, 9.17) is 9.47 Å². The fourth-order valence-corrected chi connectivity index (χ4v) is 9.78. The van der Waals surface area contributed by atoms with Crippen LogP contribution in [-0.2, 0) is 29.9 Å². The molecule has 0 N–H and O–H groups in total. The Morgan fingerprint density at radius 3 is 1.40 bits per heavy atom. The molecular formula is C51H56N2O4. The summed E-state index contributed by atoms with van der Waals surface area (Å²) in [7, 11) is 0. The number of esters is 2. The Balaban J connectivity index is 1.27. The number of fused-ring (bicyclic) bond motifs is 6. The highest BCUT2D eigenvalue weighted by Gasteiger charge is 2.45. The van der Waals surface area contributed by atoms with Crippen molar-refractivity contribution in [2.24, 2.45) is 0 Å². The van der Waals surface area contributed by atoms with Gasteiger partial charge in [0.05, 0.1) is 0 Å². The quantitative estimate of drug-likeness (QED) is 0.101. The zero-order valence-electron chi connectivity index (χ0n) is 34.9. The third kappa shape index (κ3) is 6.51. The predicted octanol–water partition coefficient (Wildman–Crippen LogP) is 12.0. The van der Waals surface area contributed by atoms with Gasteiger partial charge in [0, 0.05) is 66.1 Å². The molecular weight excluding hydrogens is 705 g/mol. The lowest BCUT2D eigenvalue weighted by Crippen LogP contribution is -2.42. The van der Waals surface area contributed by atoms with Crippen molar-refractivity contribution in [2.45, 2.75) is 111 Å². The van der Waals surface area contributed by atoms with Crippen molar-refractivity contribution in [2.75, 3.05) is 22.9 Å². The van der Waals surface area contributed by atoms with Gasteiger partial charge in [0.15, 0.2) is 5.57 Å². The topological polar surface area (TPSA) is 59.1 Å². The molecule has 6 heteroatoms. The summed E-state index contributed by atoms with van der Waals surface area (Å²) >= 11 is 0. The summed E-state index contributed by atoms with van der Waals surface area (Å²) in [6.07, 6.45) is 14.4. The zero-order chi connectivity index (χ0) is 40.3. The molecule has 3 heterocycles. The van der Waals surface area contributed by atoms with Crippen molar-refractivity contribution in [3.05, 3.63) is 142 Å². The number of hydrogen-bond donors (Lipinski definition) is 0. The van der Waals surface area contributed by atoms with Crippen LogP contribution in [0.25, 0.3) is 21.5 Å². The molecule has 0 aromatic heterocycles. The van der Waals surface area contributed by atoms with Crippen molar-refractivity contribution in [3.63, 3.8) is 0 Å². The minimum atomic E-state index is -1.33. The van der Waals surface area contributed by atoms with Gasteiger partial charge in [0.25, 0.3) is 5.79 Å². The Kier molecular flexibility index (Phi) is 9.82. The third-order valence-corrected chi connectivity index (χ3v) is 12.5. The molecule has 8 rings (SSSR count). The minimum absolute atomic E-state index is 0.0215. The smallest absolute Gasteiger partial charge is 0.349 e. The van der Waals surface area contributed by atoms with E-state index in [0.29, 0.717) is 18.4 Å². The van der Waals surface area contributed by atoms with Gasteiger partial charge in [-0.25, -0.2) is 9.59 Å². The minimum Gasteiger partial charge on any atom is -0.419 e. The van der Waals surface area contributed by atoms with E-state index < -0.39 is 17.7 Å². The largest absolute Gasteiger partial charge is 0.419 e. The highest BCUT2D eigenvalue weighted by atomic mass is 16.7. The molecule has 4 aliphatic rings. The standard InChI is InChI=1S/C51H56N2O4/c1-9-11-31-52-39-27-23-33-17-13-15-19-37(33)45(39)49(3,4)41(52)29-25-35-21-22-36(43(35)44-47(54)56-51(7,8)57-48(44)55)26-30-42-50(5,6)46-38-20-16-14-18-34(38)24-28-40(46)53(42)32-12-10-2/h13-20,23-30H,9-12,21-22,31-32H2,1-8H3/b35-25+,36-26?,41-29+,42-30+. The molecule has 0 amide bonds. The second kappa shape index (κ2) is 14.5. The van der Waals surface area contributed by atoms with Crippen LogP contribution >= 0.6 is 0 Å². The molecule has 1 saturated carbocycles. The zero-order valence-corrected chi connectivity index (χ0v) is 34.9. The van der Waals surface area contributed by atoms with E-state index >= 15 is 0 Å². The summed E-state index contributed by atoms with van der Waals surface area (Å²) in [5.74, 6) is -2.61. The van der Waals surface area contributed by atoms with Crippen molar-refractivity contribution >= 4 is 44.9 Å². The fraction of sp³-hybridized carbons (Fsp3) is 0.373. The van der Waals surface area contributed by atoms with Crippen LogP contribution in [0.4, 0.5) is 11.4 Å². The van der Waals surface area contributed by atoms with Crippen LogP contribution < -0.4 is 9.80 Å². The van der Waals surface area contributed by atoms with E-state index in [2.05, 4.69) is 148 Å². The van der Waals surface area contributed by atoms with E-state index in [1.165, 1.54) is 55.4 Å². The molecule has 2 fully saturated rings. The second-order valence-corrected chi connectivity index (χ2v) is 17.5. The van der Waals surface area contributed by atoms with Gasteiger partial charge in [-0.1, -0.05) is 127 Å². The molecule has 4 aromatic carbocycles. The predicted molar refractivity (Wildman–Crippen MR) is 233 cm³/mol. The van der Waals surface area contributed by atoms with Crippen molar-refractivity contribution in [1.82, 2.24) is 0 Å². The number of unbranched alkanes of at least 4 members (excludes halogenated alkanes) is 2. The molecule has 0 radical (unpaired) electrons. The average Bonchev–Trinajstić information content (AvgIpc) is 3.74. The number of carbonyl (C=O) groups is 2. The molecule has 0 bridgehead atoms. The number of ether oxygens (including phenoxy) is 2. The van der Waals surface area contributed by atoms with E-state index in [-0.39, 0.29) is 16.4 Å². The number of benzene rings is 4. The van der Waals surface area contributed by atoms with E-state index in [9.17, 15) is 9.59 Å². The van der Waals surface area contributed by atoms with Crippen molar-refractivity contribution < 1.29 is 19.1 Å². The first kappa shape index (κ1) is 38.5. The van der Waals surface area contributed by atoms with Crippen molar-refractivity contribution in [3.8, 4) is 0 Å². The molecule has 0 atom stereocenters. The van der Waals surface area contributed by atoms with Crippen LogP contribution in [-0.4, -0.2) is 30.8 Å². The third-order valence-electron chi connectivity index (χ3n) is 12.5. The number of hydrogen-bond acceptors (Lipinski definition) is 6. The van der Waals surface area contributed by atoms with Gasteiger partial charge in [0.2, 0.25) is 0 Å². The molecule has 0 spiro atoms. The van der Waals surface area contributed by atoms with E-state index in [0.717, 1.165) is 49.9 Å². The molecule has 4 aromatic rings. The maximum Gasteiger partial charge on any atom is 0.349 e. The van der Waals surface area contributed by atoms with Gasteiger partial charge in [-0.2, -0.15) is 0 Å². The Hall–Kier alpha value is -5.36. The molecule has 294 valence electrons. The fourth-order valence-electron chi connectivity index (χ4n) is 9.78. The first-order chi connectivity index (χ1) is 27.3. The lowest BCUT2D eigenvalue weighted by molar-refractivity contribution is -0.222. The highest BCUT2D eigenvalue weighted by Crippen LogP contribution is 2.53. The lowest BCUT2D eigenvalue weighted by Gasteiger charge is -2.31. The highest BCUT2D eigenvalue weighted by molar-refractivity contribution is 6.17. The molecule has 57 heavy (non-hydrogen) atoms. The van der Waals surface area contributed by atoms with Crippen molar-refractivity contribution in [1.29, 1.82) is 0 Å². The maximum atomic E-state index is 13.8. The Bertz CT molecular complexity index is 2300. The van der Waals surface area contributed by atoms with Gasteiger partial charge in [0.1, 0.15) is 0 Å². The number of nitrogens with zero attached hydrogens (tertiary/aromatic N) is 2. The van der Waals surface area contributed by atoms with Gasteiger partial charge >= 0.3 is 11.9 Å². The Labute approximate surface area is 338 Å². The second-order valence-electron chi connectivity index (χ2n) is 17.5. The molecule has 1 aliphatic carbocycles. The number of allylic oxidation sites excluding steroid dienone is 9. The van der Waals surface area contributed by atoms with E-state index in [1.54, 1.807) is 13.8 Å². The number of carbonyl (C=O) groups excluding carboxylic acids is 2. The van der Waals surface area contributed by atoms with Crippen LogP contribution in [0.5, 0.6) is 0 Å². The first-order valence-electron chi connectivity index (χ1n) is 20.9. The maximum absolute atomic E-state index is 13.8. The summed E-state index contributed by atoms with van der Waals surface area (Å²) in [5, 5.41) is 5.01. The summed E-state index contributed by atoms with van der Waals surface area (Å²) in [6, 6.07) is 26.3. The molecule has 0 unspecified atom stereocenters. The normalized spacial score (nSPS) is 22.4. The monoisotopic (exact) mass is 760 g/mol. The number of rotatable bonds is 8. The van der Waals surface area contributed by atoms with Gasteiger partial charge < -0.3 is 19.3 Å². The SMILES string of the molecule is CCCCN1/C(=C/C=C2CC/C(=C\C=C3\N(CCCC)c4ccc5ccccc5c4C3(C)C)C2=C2C(=O)OC(C)(C)OC2=O)C(C)(C)c2c1ccc1ccccc21.